The van der Waals surface area contributed by atoms with E-state index in [2.05, 4.69) is 28.8 Å². The molecule has 256 valence electrons. The Kier molecular flexibility index (Phi) is 10.7. The highest BCUT2D eigenvalue weighted by atomic mass is 35.5. The van der Waals surface area contributed by atoms with Crippen LogP contribution in [0.25, 0.3) is 10.9 Å². The number of benzene rings is 5. The third-order valence-corrected chi connectivity index (χ3v) is 10.7. The van der Waals surface area contributed by atoms with Crippen molar-refractivity contribution >= 4 is 67.4 Å². The first kappa shape index (κ1) is 35.4. The fourth-order valence-corrected chi connectivity index (χ4v) is 7.72. The lowest BCUT2D eigenvalue weighted by molar-refractivity contribution is 0.0696. The quantitative estimate of drug-likeness (QED) is 0.127. The third-order valence-electron chi connectivity index (χ3n) is 8.52. The van der Waals surface area contributed by atoms with Crippen molar-refractivity contribution in [3.8, 4) is 5.75 Å². The predicted octanol–water partition coefficient (Wildman–Crippen LogP) is 9.57. The largest absolute Gasteiger partial charge is 0.493 e. The van der Waals surface area contributed by atoms with E-state index in [9.17, 15) is 18.3 Å². The molecule has 0 bridgehead atoms. The van der Waals surface area contributed by atoms with Crippen LogP contribution in [-0.4, -0.2) is 43.5 Å². The van der Waals surface area contributed by atoms with Gasteiger partial charge in [0.2, 0.25) is 10.0 Å². The van der Waals surface area contributed by atoms with E-state index in [1.807, 2.05) is 54.6 Å². The van der Waals surface area contributed by atoms with E-state index in [4.69, 9.17) is 39.5 Å². The number of halogens is 3. The summed E-state index contributed by atoms with van der Waals surface area (Å²) in [7, 11) is -3.74. The number of aromatic carboxylic acids is 1. The Morgan fingerprint density at radius 1 is 0.800 bits per heavy atom. The first-order chi connectivity index (χ1) is 24.0. The molecule has 0 saturated carbocycles. The molecule has 0 spiro atoms. The van der Waals surface area contributed by atoms with Crippen LogP contribution >= 0.6 is 34.8 Å². The first-order valence-electron chi connectivity index (χ1n) is 15.8. The first-order valence-corrected chi connectivity index (χ1v) is 18.8. The number of aromatic nitrogens is 1. The Bertz CT molecular complexity index is 2220. The average molecular weight is 748 g/mol. The second-order valence-corrected chi connectivity index (χ2v) is 15.0. The lowest BCUT2D eigenvalue weighted by atomic mass is 9.97. The number of fused-ring (bicyclic) bond motifs is 1. The number of ether oxygens (including phenoxy) is 1. The molecular formula is C39H33Cl3N2O5S. The topological polar surface area (TPSA) is 88.8 Å². The number of carboxylic acid groups (broad SMARTS) is 1. The van der Waals surface area contributed by atoms with Crippen molar-refractivity contribution in [2.24, 2.45) is 0 Å². The molecule has 6 rings (SSSR count). The van der Waals surface area contributed by atoms with Gasteiger partial charge < -0.3 is 14.4 Å². The normalized spacial score (nSPS) is 11.6. The summed E-state index contributed by atoms with van der Waals surface area (Å²) in [5, 5.41) is 11.5. The summed E-state index contributed by atoms with van der Waals surface area (Å²) < 4.78 is 36.3. The van der Waals surface area contributed by atoms with Crippen LogP contribution in [0, 0.1) is 0 Å². The van der Waals surface area contributed by atoms with Crippen molar-refractivity contribution in [1.29, 1.82) is 0 Å². The lowest BCUT2D eigenvalue weighted by Crippen LogP contribution is -2.32. The summed E-state index contributed by atoms with van der Waals surface area (Å²) in [4.78, 5) is 11.6. The van der Waals surface area contributed by atoms with Crippen LogP contribution < -0.4 is 9.04 Å². The van der Waals surface area contributed by atoms with Crippen LogP contribution in [-0.2, 0) is 22.9 Å². The molecule has 0 saturated heterocycles. The fourth-order valence-electron chi connectivity index (χ4n) is 6.34. The van der Waals surface area contributed by atoms with E-state index in [0.29, 0.717) is 34.3 Å². The molecule has 1 heterocycles. The summed E-state index contributed by atoms with van der Waals surface area (Å²) in [6.07, 6.45) is 1.92. The van der Waals surface area contributed by atoms with E-state index in [0.717, 1.165) is 33.3 Å². The second-order valence-electron chi connectivity index (χ2n) is 11.8. The van der Waals surface area contributed by atoms with E-state index >= 15 is 0 Å². The fraction of sp³-hybridized carbons (Fsp3) is 0.154. The molecule has 0 fully saturated rings. The number of sulfonamides is 1. The van der Waals surface area contributed by atoms with E-state index in [-0.39, 0.29) is 29.8 Å². The smallest absolute Gasteiger partial charge is 0.335 e. The van der Waals surface area contributed by atoms with Gasteiger partial charge in [-0.3, -0.25) is 4.31 Å². The summed E-state index contributed by atoms with van der Waals surface area (Å²) in [6.45, 7) is 0.331. The zero-order valence-electron chi connectivity index (χ0n) is 27.0. The van der Waals surface area contributed by atoms with Gasteiger partial charge >= 0.3 is 5.97 Å². The zero-order chi connectivity index (χ0) is 35.4. The molecule has 0 unspecified atom stereocenters. The number of carbonyl (C=O) groups is 1. The van der Waals surface area contributed by atoms with E-state index in [1.165, 1.54) is 22.7 Å². The Labute approximate surface area is 306 Å². The van der Waals surface area contributed by atoms with Crippen molar-refractivity contribution < 1.29 is 23.1 Å². The number of nitrogens with zero attached hydrogens (tertiary/aromatic N) is 2. The van der Waals surface area contributed by atoms with Crippen molar-refractivity contribution in [2.45, 2.75) is 18.9 Å². The van der Waals surface area contributed by atoms with E-state index in [1.54, 1.807) is 30.3 Å². The Balaban J connectivity index is 1.51. The number of hydrogen-bond acceptors (Lipinski definition) is 4. The zero-order valence-corrected chi connectivity index (χ0v) is 30.1. The van der Waals surface area contributed by atoms with Gasteiger partial charge in [-0.2, -0.15) is 0 Å². The molecule has 0 amide bonds. The van der Waals surface area contributed by atoms with Gasteiger partial charge in [0.15, 0.2) is 0 Å². The SMILES string of the molecule is CS(=O)(=O)N(CCc1c(CCOc2cccc(C(=O)O)c2)c2cc(Cl)ccc2n1C(c1ccccc1)c1ccccc1)c1ccc(Cl)c(Cl)c1. The van der Waals surface area contributed by atoms with Crippen LogP contribution in [0.4, 0.5) is 5.69 Å². The third kappa shape index (κ3) is 7.79. The lowest BCUT2D eigenvalue weighted by Gasteiger charge is -2.27. The summed E-state index contributed by atoms with van der Waals surface area (Å²) in [5.41, 5.74) is 5.38. The molecule has 0 aliphatic heterocycles. The van der Waals surface area contributed by atoms with Gasteiger partial charge in [0, 0.05) is 41.0 Å². The highest BCUT2D eigenvalue weighted by molar-refractivity contribution is 7.92. The Morgan fingerprint density at radius 3 is 2.10 bits per heavy atom. The van der Waals surface area contributed by atoms with Crippen LogP contribution in [0.1, 0.15) is 38.8 Å². The molecule has 0 atom stereocenters. The number of carboxylic acids is 1. The highest BCUT2D eigenvalue weighted by Gasteiger charge is 2.27. The summed E-state index contributed by atoms with van der Waals surface area (Å²) >= 11 is 19.2. The number of anilines is 1. The molecule has 1 N–H and O–H groups in total. The molecule has 1 aromatic heterocycles. The minimum atomic E-state index is -3.74. The molecule has 0 aliphatic carbocycles. The number of rotatable bonds is 13. The van der Waals surface area contributed by atoms with E-state index < -0.39 is 16.0 Å². The van der Waals surface area contributed by atoms with Crippen LogP contribution in [0.3, 0.4) is 0 Å². The maximum atomic E-state index is 13.3. The number of hydrogen-bond donors (Lipinski definition) is 1. The molecule has 7 nitrogen and oxygen atoms in total. The van der Waals surface area contributed by atoms with Crippen molar-refractivity contribution in [1.82, 2.24) is 4.57 Å². The minimum Gasteiger partial charge on any atom is -0.493 e. The molecule has 0 radical (unpaired) electrons. The van der Waals surface area contributed by atoms with Crippen LogP contribution in [0.5, 0.6) is 5.75 Å². The Hall–Kier alpha value is -4.47. The predicted molar refractivity (Wildman–Crippen MR) is 202 cm³/mol. The maximum absolute atomic E-state index is 13.3. The summed E-state index contributed by atoms with van der Waals surface area (Å²) in [5.74, 6) is -0.608. The van der Waals surface area contributed by atoms with Gasteiger partial charge in [-0.05, 0) is 71.3 Å². The Morgan fingerprint density at radius 2 is 1.48 bits per heavy atom. The molecular weight excluding hydrogens is 715 g/mol. The van der Waals surface area contributed by atoms with Crippen molar-refractivity contribution in [3.63, 3.8) is 0 Å². The molecule has 5 aromatic carbocycles. The van der Waals surface area contributed by atoms with Gasteiger partial charge in [0.1, 0.15) is 5.75 Å². The van der Waals surface area contributed by atoms with Crippen molar-refractivity contribution in [3.05, 3.63) is 164 Å². The summed E-state index contributed by atoms with van der Waals surface area (Å²) in [6, 6.07) is 36.9. The van der Waals surface area contributed by atoms with Gasteiger partial charge in [-0.1, -0.05) is 102 Å². The second kappa shape index (κ2) is 15.2. The molecule has 0 aliphatic rings. The molecule has 50 heavy (non-hydrogen) atoms. The van der Waals surface area contributed by atoms with Crippen LogP contribution in [0.2, 0.25) is 15.1 Å². The van der Waals surface area contributed by atoms with Gasteiger partial charge in [-0.15, -0.1) is 0 Å². The average Bonchev–Trinajstić information content (AvgIpc) is 3.38. The van der Waals surface area contributed by atoms with Crippen LogP contribution in [0.15, 0.2) is 121 Å². The van der Waals surface area contributed by atoms with Gasteiger partial charge in [0.05, 0.1) is 40.2 Å². The molecule has 11 heteroatoms. The monoisotopic (exact) mass is 746 g/mol. The standard InChI is InChI=1S/C39H33Cl3N2O5S/c1-50(47,48)43(30-16-17-34(41)35(42)25-30)21-19-37-32(20-22-49-31-14-8-13-28(23-31)39(45)46)33-24-29(40)15-18-36(33)44(37)38(26-9-4-2-5-10-26)27-11-6-3-7-12-27/h2-18,23-25,38H,19-22H2,1H3,(H,45,46). The van der Waals surface area contributed by atoms with Gasteiger partial charge in [0.25, 0.3) is 0 Å². The maximum Gasteiger partial charge on any atom is 0.335 e. The highest BCUT2D eigenvalue weighted by Crippen LogP contribution is 2.38. The van der Waals surface area contributed by atoms with Gasteiger partial charge in [-0.25, -0.2) is 13.2 Å². The van der Waals surface area contributed by atoms with Crippen molar-refractivity contribution in [2.75, 3.05) is 23.7 Å². The minimum absolute atomic E-state index is 0.103. The molecule has 6 aromatic rings.